The van der Waals surface area contributed by atoms with Crippen molar-refractivity contribution in [1.29, 1.82) is 0 Å². The Bertz CT molecular complexity index is 351. The van der Waals surface area contributed by atoms with E-state index in [-0.39, 0.29) is 0 Å². The van der Waals surface area contributed by atoms with Gasteiger partial charge in [0.1, 0.15) is 0 Å². The van der Waals surface area contributed by atoms with Crippen LogP contribution in [0.5, 0.6) is 0 Å². The molecule has 0 radical (unpaired) electrons. The quantitative estimate of drug-likeness (QED) is 0.627. The largest absolute Gasteiger partial charge is 0.246 e. The zero-order chi connectivity index (χ0) is 13.5. The summed E-state index contributed by atoms with van der Waals surface area (Å²) >= 11 is 1.88. The maximum absolute atomic E-state index is 2.45. The Morgan fingerprint density at radius 1 is 1.28 bits per heavy atom. The highest BCUT2D eigenvalue weighted by molar-refractivity contribution is 7.97. The Hall–Kier alpha value is -0.470. The van der Waals surface area contributed by atoms with Crippen molar-refractivity contribution in [3.05, 3.63) is 29.8 Å². The lowest BCUT2D eigenvalue weighted by molar-refractivity contribution is 0.275. The monoisotopic (exact) mass is 265 g/mol. The number of hydrogen-bond acceptors (Lipinski definition) is 2. The average Bonchev–Trinajstić information content (AvgIpc) is 2.35. The molecular weight excluding hydrogens is 238 g/mol. The van der Waals surface area contributed by atoms with Crippen LogP contribution in [0, 0.1) is 12.8 Å². The third-order valence-corrected chi connectivity index (χ3v) is 4.61. The summed E-state index contributed by atoms with van der Waals surface area (Å²) in [5.41, 5.74) is 1.34. The molecule has 0 aliphatic carbocycles. The van der Waals surface area contributed by atoms with E-state index in [1.807, 2.05) is 11.9 Å². The molecule has 0 bridgehead atoms. The molecule has 2 unspecified atom stereocenters. The topological polar surface area (TPSA) is 3.24 Å². The van der Waals surface area contributed by atoms with Crippen LogP contribution in [-0.2, 0) is 0 Å². The van der Waals surface area contributed by atoms with E-state index in [2.05, 4.69) is 63.3 Å². The summed E-state index contributed by atoms with van der Waals surface area (Å²) in [5.74, 6) is 0.757. The van der Waals surface area contributed by atoms with E-state index in [9.17, 15) is 0 Å². The molecule has 0 spiro atoms. The summed E-state index contributed by atoms with van der Waals surface area (Å²) in [6.07, 6.45) is 3.79. The first-order valence-corrected chi connectivity index (χ1v) is 7.83. The first-order chi connectivity index (χ1) is 8.58. The van der Waals surface area contributed by atoms with Crippen LogP contribution in [0.2, 0.25) is 0 Å². The molecule has 102 valence electrons. The van der Waals surface area contributed by atoms with E-state index in [4.69, 9.17) is 0 Å². The molecule has 1 aromatic rings. The molecule has 0 amide bonds. The third-order valence-electron chi connectivity index (χ3n) is 3.59. The van der Waals surface area contributed by atoms with Gasteiger partial charge in [0.2, 0.25) is 0 Å². The minimum Gasteiger partial charge on any atom is -0.246 e. The van der Waals surface area contributed by atoms with Crippen LogP contribution in [0.1, 0.15) is 45.6 Å². The molecule has 0 saturated heterocycles. The Kier molecular flexibility index (Phi) is 6.80. The first-order valence-electron chi connectivity index (χ1n) is 7.05. The average molecular weight is 265 g/mol. The molecule has 0 N–H and O–H groups in total. The third kappa shape index (κ3) is 4.66. The van der Waals surface area contributed by atoms with Gasteiger partial charge in [0, 0.05) is 10.9 Å². The minimum atomic E-state index is 0.672. The molecule has 0 heterocycles. The predicted octanol–water partition coefficient (Wildman–Crippen LogP) is 5.15. The molecule has 0 aliphatic heterocycles. The lowest BCUT2D eigenvalue weighted by Gasteiger charge is -2.31. The van der Waals surface area contributed by atoms with Crippen LogP contribution in [0.15, 0.2) is 29.2 Å². The van der Waals surface area contributed by atoms with Gasteiger partial charge in [0.25, 0.3) is 0 Å². The number of rotatable bonds is 7. The SMILES string of the molecule is CCCC(C(C)CC)N(C)Sc1cccc(C)c1. The molecule has 0 aromatic heterocycles. The highest BCUT2D eigenvalue weighted by atomic mass is 32.2. The highest BCUT2D eigenvalue weighted by Crippen LogP contribution is 2.29. The van der Waals surface area contributed by atoms with E-state index >= 15 is 0 Å². The molecule has 2 atom stereocenters. The van der Waals surface area contributed by atoms with E-state index < -0.39 is 0 Å². The molecule has 0 fully saturated rings. The van der Waals surface area contributed by atoms with Gasteiger partial charge in [-0.25, -0.2) is 4.31 Å². The summed E-state index contributed by atoms with van der Waals surface area (Å²) in [4.78, 5) is 1.35. The normalized spacial score (nSPS) is 14.8. The van der Waals surface area contributed by atoms with Gasteiger partial charge in [-0.1, -0.05) is 45.7 Å². The van der Waals surface area contributed by atoms with Crippen molar-refractivity contribution in [1.82, 2.24) is 4.31 Å². The number of hydrogen-bond donors (Lipinski definition) is 0. The molecule has 1 nitrogen and oxygen atoms in total. The van der Waals surface area contributed by atoms with E-state index in [1.165, 1.54) is 29.7 Å². The van der Waals surface area contributed by atoms with Crippen molar-refractivity contribution in [2.24, 2.45) is 5.92 Å². The minimum absolute atomic E-state index is 0.672. The van der Waals surface area contributed by atoms with Crippen molar-refractivity contribution in [2.45, 2.75) is 57.9 Å². The van der Waals surface area contributed by atoms with Gasteiger partial charge in [0.15, 0.2) is 0 Å². The number of nitrogens with zero attached hydrogens (tertiary/aromatic N) is 1. The van der Waals surface area contributed by atoms with Crippen LogP contribution in [0.25, 0.3) is 0 Å². The summed E-state index contributed by atoms with van der Waals surface area (Å²) in [6, 6.07) is 9.44. The molecule has 1 aromatic carbocycles. The van der Waals surface area contributed by atoms with Crippen molar-refractivity contribution in [2.75, 3.05) is 7.05 Å². The smallest absolute Gasteiger partial charge is 0.0232 e. The van der Waals surface area contributed by atoms with Gasteiger partial charge in [-0.2, -0.15) is 0 Å². The van der Waals surface area contributed by atoms with Crippen LogP contribution in [0.3, 0.4) is 0 Å². The van der Waals surface area contributed by atoms with Crippen molar-refractivity contribution >= 4 is 11.9 Å². The van der Waals surface area contributed by atoms with Crippen LogP contribution >= 0.6 is 11.9 Å². The Morgan fingerprint density at radius 3 is 2.56 bits per heavy atom. The van der Waals surface area contributed by atoms with Gasteiger partial charge in [-0.05, 0) is 56.0 Å². The van der Waals surface area contributed by atoms with Crippen molar-refractivity contribution in [3.8, 4) is 0 Å². The Morgan fingerprint density at radius 2 is 2.00 bits per heavy atom. The highest BCUT2D eigenvalue weighted by Gasteiger charge is 2.20. The van der Waals surface area contributed by atoms with Crippen LogP contribution in [-0.4, -0.2) is 17.4 Å². The lowest BCUT2D eigenvalue weighted by atomic mass is 9.95. The second kappa shape index (κ2) is 7.85. The molecule has 1 rings (SSSR count). The standard InChI is InChI=1S/C16H27NS/c1-6-9-16(14(4)7-2)17(5)18-15-11-8-10-13(3)12-15/h8,10-12,14,16H,6-7,9H2,1-5H3. The molecular formula is C16H27NS. The van der Waals surface area contributed by atoms with Gasteiger partial charge in [-0.15, -0.1) is 0 Å². The maximum Gasteiger partial charge on any atom is 0.0232 e. The number of aryl methyl sites for hydroxylation is 1. The Balaban J connectivity index is 2.68. The summed E-state index contributed by atoms with van der Waals surface area (Å²) < 4.78 is 2.45. The fourth-order valence-corrected chi connectivity index (χ4v) is 3.46. The fourth-order valence-electron chi connectivity index (χ4n) is 2.30. The zero-order valence-electron chi connectivity index (χ0n) is 12.4. The van der Waals surface area contributed by atoms with Crippen molar-refractivity contribution < 1.29 is 0 Å². The van der Waals surface area contributed by atoms with Gasteiger partial charge < -0.3 is 0 Å². The van der Waals surface area contributed by atoms with Gasteiger partial charge in [-0.3, -0.25) is 0 Å². The van der Waals surface area contributed by atoms with E-state index in [0.29, 0.717) is 6.04 Å². The fraction of sp³-hybridized carbons (Fsp3) is 0.625. The van der Waals surface area contributed by atoms with E-state index in [1.54, 1.807) is 0 Å². The van der Waals surface area contributed by atoms with Gasteiger partial charge >= 0.3 is 0 Å². The first kappa shape index (κ1) is 15.6. The molecule has 0 saturated carbocycles. The van der Waals surface area contributed by atoms with Crippen LogP contribution < -0.4 is 0 Å². The summed E-state index contributed by atoms with van der Waals surface area (Å²) in [6.45, 7) is 9.09. The summed E-state index contributed by atoms with van der Waals surface area (Å²) in [5, 5.41) is 0. The van der Waals surface area contributed by atoms with E-state index in [0.717, 1.165) is 5.92 Å². The predicted molar refractivity (Wildman–Crippen MR) is 83.0 cm³/mol. The second-order valence-electron chi connectivity index (χ2n) is 5.20. The Labute approximate surface area is 117 Å². The van der Waals surface area contributed by atoms with Crippen LogP contribution in [0.4, 0.5) is 0 Å². The maximum atomic E-state index is 2.45. The number of benzene rings is 1. The van der Waals surface area contributed by atoms with Crippen molar-refractivity contribution in [3.63, 3.8) is 0 Å². The molecule has 2 heteroatoms. The lowest BCUT2D eigenvalue weighted by Crippen LogP contribution is -2.31. The van der Waals surface area contributed by atoms with Gasteiger partial charge in [0.05, 0.1) is 0 Å². The zero-order valence-corrected chi connectivity index (χ0v) is 13.3. The second-order valence-corrected chi connectivity index (χ2v) is 6.43. The molecule has 0 aliphatic rings. The molecule has 18 heavy (non-hydrogen) atoms. The summed E-state index contributed by atoms with van der Waals surface area (Å²) in [7, 11) is 2.24.